The van der Waals surface area contributed by atoms with Gasteiger partial charge < -0.3 is 9.32 Å². The van der Waals surface area contributed by atoms with Gasteiger partial charge in [0.25, 0.3) is 0 Å². The summed E-state index contributed by atoms with van der Waals surface area (Å²) in [4.78, 5) is 2.32. The number of benzene rings is 6. The van der Waals surface area contributed by atoms with E-state index in [1.165, 1.54) is 31.3 Å². The van der Waals surface area contributed by atoms with E-state index < -0.39 is 0 Å². The molecule has 2 heterocycles. The minimum absolute atomic E-state index is 0.890. The molecule has 0 amide bonds. The number of furan rings is 1. The van der Waals surface area contributed by atoms with Crippen molar-refractivity contribution in [3.63, 3.8) is 0 Å². The van der Waals surface area contributed by atoms with Crippen molar-refractivity contribution in [2.24, 2.45) is 0 Å². The van der Waals surface area contributed by atoms with Crippen molar-refractivity contribution < 1.29 is 4.42 Å². The van der Waals surface area contributed by atoms with Gasteiger partial charge in [0.15, 0.2) is 5.58 Å². The Morgan fingerprint density at radius 2 is 1.13 bits per heavy atom. The van der Waals surface area contributed by atoms with Gasteiger partial charge >= 0.3 is 0 Å². The molecule has 0 aliphatic carbocycles. The van der Waals surface area contributed by atoms with Gasteiger partial charge in [0.1, 0.15) is 5.58 Å². The van der Waals surface area contributed by atoms with Crippen molar-refractivity contribution in [2.75, 3.05) is 4.90 Å². The van der Waals surface area contributed by atoms with Crippen molar-refractivity contribution >= 4 is 70.5 Å². The van der Waals surface area contributed by atoms with E-state index in [9.17, 15) is 0 Å². The number of anilines is 3. The van der Waals surface area contributed by atoms with Crippen LogP contribution in [0.5, 0.6) is 0 Å². The summed E-state index contributed by atoms with van der Waals surface area (Å²) in [6.45, 7) is 0. The van der Waals surface area contributed by atoms with Crippen molar-refractivity contribution in [3.8, 4) is 11.1 Å². The van der Waals surface area contributed by atoms with E-state index in [0.29, 0.717) is 0 Å². The molecule has 39 heavy (non-hydrogen) atoms. The first-order chi connectivity index (χ1) is 19.3. The second-order valence-corrected chi connectivity index (χ2v) is 10.9. The molecule has 0 aliphatic heterocycles. The highest BCUT2D eigenvalue weighted by molar-refractivity contribution is 7.25. The maximum Gasteiger partial charge on any atom is 0.159 e. The number of rotatable bonds is 4. The van der Waals surface area contributed by atoms with Crippen LogP contribution in [0.1, 0.15) is 0 Å². The van der Waals surface area contributed by atoms with Gasteiger partial charge in [-0.2, -0.15) is 0 Å². The molecule has 0 radical (unpaired) electrons. The molecular formula is C36H23NOS. The predicted octanol–water partition coefficient (Wildman–Crippen LogP) is 11.1. The molecule has 8 rings (SSSR count). The largest absolute Gasteiger partial charge is 0.454 e. The summed E-state index contributed by atoms with van der Waals surface area (Å²) >= 11 is 1.84. The van der Waals surface area contributed by atoms with Gasteiger partial charge in [0, 0.05) is 42.3 Å². The lowest BCUT2D eigenvalue weighted by Crippen LogP contribution is -2.10. The number of thiophene rings is 1. The average molecular weight is 518 g/mol. The van der Waals surface area contributed by atoms with Crippen LogP contribution in [0.15, 0.2) is 144 Å². The molecule has 0 fully saturated rings. The zero-order valence-corrected chi connectivity index (χ0v) is 21.9. The average Bonchev–Trinajstić information content (AvgIpc) is 3.57. The van der Waals surface area contributed by atoms with Crippen LogP contribution in [0.3, 0.4) is 0 Å². The lowest BCUT2D eigenvalue weighted by atomic mass is 10.0. The Morgan fingerprint density at radius 3 is 2.00 bits per heavy atom. The summed E-state index contributed by atoms with van der Waals surface area (Å²) in [5, 5.41) is 4.82. The second-order valence-electron chi connectivity index (χ2n) is 9.78. The van der Waals surface area contributed by atoms with Crippen LogP contribution in [0.2, 0.25) is 0 Å². The molecule has 2 nitrogen and oxygen atoms in total. The highest BCUT2D eigenvalue weighted by Crippen LogP contribution is 2.44. The lowest BCUT2D eigenvalue weighted by Gasteiger charge is -2.26. The summed E-state index contributed by atoms with van der Waals surface area (Å²) in [6, 6.07) is 49.5. The summed E-state index contributed by atoms with van der Waals surface area (Å²) in [5.41, 5.74) is 7.41. The Hall–Kier alpha value is -4.86. The molecule has 0 N–H and O–H groups in total. The Kier molecular flexibility index (Phi) is 5.04. The fourth-order valence-electron chi connectivity index (χ4n) is 5.62. The first kappa shape index (κ1) is 22.2. The van der Waals surface area contributed by atoms with E-state index in [2.05, 4.69) is 132 Å². The molecule has 6 aromatic carbocycles. The van der Waals surface area contributed by atoms with Crippen LogP contribution < -0.4 is 4.90 Å². The summed E-state index contributed by atoms with van der Waals surface area (Å²) in [6.07, 6.45) is 0. The molecule has 2 aromatic heterocycles. The Bertz CT molecular complexity index is 2120. The molecule has 0 atom stereocenters. The molecular weight excluding hydrogens is 494 g/mol. The SMILES string of the molecule is c1ccc(-c2ccc(N(c3ccc4sc5ccccc5c4c3)c3cccc4c3oc3ccccc34)cc2)cc1. The van der Waals surface area contributed by atoms with E-state index in [-0.39, 0.29) is 0 Å². The van der Waals surface area contributed by atoms with Crippen LogP contribution in [0, 0.1) is 0 Å². The first-order valence-corrected chi connectivity index (χ1v) is 13.9. The minimum Gasteiger partial charge on any atom is -0.454 e. The van der Waals surface area contributed by atoms with Crippen LogP contribution in [0.4, 0.5) is 17.1 Å². The third kappa shape index (κ3) is 3.63. The highest BCUT2D eigenvalue weighted by Gasteiger charge is 2.20. The molecule has 0 spiro atoms. The Morgan fingerprint density at radius 1 is 0.462 bits per heavy atom. The monoisotopic (exact) mass is 517 g/mol. The highest BCUT2D eigenvalue weighted by atomic mass is 32.1. The zero-order chi connectivity index (χ0) is 25.8. The van der Waals surface area contributed by atoms with E-state index in [1.807, 2.05) is 23.5 Å². The van der Waals surface area contributed by atoms with Crippen molar-refractivity contribution in [2.45, 2.75) is 0 Å². The van der Waals surface area contributed by atoms with Gasteiger partial charge in [-0.3, -0.25) is 0 Å². The van der Waals surface area contributed by atoms with Crippen LogP contribution in [-0.2, 0) is 0 Å². The van der Waals surface area contributed by atoms with E-state index in [4.69, 9.17) is 4.42 Å². The number of hydrogen-bond acceptors (Lipinski definition) is 3. The summed E-state index contributed by atoms with van der Waals surface area (Å²) < 4.78 is 9.10. The van der Waals surface area contributed by atoms with Gasteiger partial charge in [-0.15, -0.1) is 11.3 Å². The van der Waals surface area contributed by atoms with Gasteiger partial charge in [-0.05, 0) is 59.7 Å². The maximum atomic E-state index is 6.50. The van der Waals surface area contributed by atoms with E-state index in [1.54, 1.807) is 0 Å². The quantitative estimate of drug-likeness (QED) is 0.231. The van der Waals surface area contributed by atoms with E-state index >= 15 is 0 Å². The van der Waals surface area contributed by atoms with Gasteiger partial charge in [-0.25, -0.2) is 0 Å². The van der Waals surface area contributed by atoms with Crippen molar-refractivity contribution in [1.82, 2.24) is 0 Å². The van der Waals surface area contributed by atoms with Gasteiger partial charge in [0.2, 0.25) is 0 Å². The first-order valence-electron chi connectivity index (χ1n) is 13.1. The maximum absolute atomic E-state index is 6.50. The summed E-state index contributed by atoms with van der Waals surface area (Å²) in [5.74, 6) is 0. The number of nitrogens with zero attached hydrogens (tertiary/aromatic N) is 1. The second kappa shape index (κ2) is 8.87. The number of hydrogen-bond donors (Lipinski definition) is 0. The molecule has 0 bridgehead atoms. The third-order valence-corrected chi connectivity index (χ3v) is 8.63. The van der Waals surface area contributed by atoms with Crippen molar-refractivity contribution in [3.05, 3.63) is 140 Å². The normalized spacial score (nSPS) is 11.6. The molecule has 0 saturated carbocycles. The Labute approximate surface area is 230 Å². The standard InChI is InChI=1S/C36H23NOS/c1-2-9-24(10-3-1)25-17-19-26(20-18-25)37(27-21-22-35-31(23-27)29-12-5-7-16-34(29)39-35)32-14-8-13-30-28-11-4-6-15-33(28)38-36(30)32/h1-23H. The zero-order valence-electron chi connectivity index (χ0n) is 21.0. The predicted molar refractivity (Wildman–Crippen MR) is 167 cm³/mol. The van der Waals surface area contributed by atoms with Crippen molar-refractivity contribution in [1.29, 1.82) is 0 Å². The smallest absolute Gasteiger partial charge is 0.159 e. The topological polar surface area (TPSA) is 16.4 Å². The van der Waals surface area contributed by atoms with Crippen LogP contribution >= 0.6 is 11.3 Å². The molecule has 0 unspecified atom stereocenters. The minimum atomic E-state index is 0.890. The molecule has 184 valence electrons. The fourth-order valence-corrected chi connectivity index (χ4v) is 6.71. The van der Waals surface area contributed by atoms with E-state index in [0.717, 1.165) is 39.0 Å². The summed E-state index contributed by atoms with van der Waals surface area (Å²) in [7, 11) is 0. The molecule has 0 saturated heterocycles. The number of para-hydroxylation sites is 2. The van der Waals surface area contributed by atoms with Crippen LogP contribution in [-0.4, -0.2) is 0 Å². The fraction of sp³-hybridized carbons (Fsp3) is 0. The molecule has 8 aromatic rings. The van der Waals surface area contributed by atoms with Crippen LogP contribution in [0.25, 0.3) is 53.2 Å². The van der Waals surface area contributed by atoms with Gasteiger partial charge in [-0.1, -0.05) is 91.0 Å². The lowest BCUT2D eigenvalue weighted by molar-refractivity contribution is 0.669. The molecule has 0 aliphatic rings. The van der Waals surface area contributed by atoms with Gasteiger partial charge in [0.05, 0.1) is 5.69 Å². The molecule has 3 heteroatoms. The third-order valence-electron chi connectivity index (χ3n) is 7.48. The number of fused-ring (bicyclic) bond motifs is 6. The Balaban J connectivity index is 1.37.